The van der Waals surface area contributed by atoms with Crippen LogP contribution in [0.5, 0.6) is 11.5 Å². The molecule has 0 saturated carbocycles. The number of rotatable bonds is 11. The lowest BCUT2D eigenvalue weighted by Crippen LogP contribution is -2.13. The number of benzene rings is 4. The minimum atomic E-state index is -0.138. The molecule has 8 nitrogen and oxygen atoms in total. The Morgan fingerprint density at radius 3 is 2.36 bits per heavy atom. The summed E-state index contributed by atoms with van der Waals surface area (Å²) in [4.78, 5) is 39.1. The highest BCUT2D eigenvalue weighted by Gasteiger charge is 2.13. The lowest BCUT2D eigenvalue weighted by Gasteiger charge is -2.04. The second-order valence-electron chi connectivity index (χ2n) is 9.51. The lowest BCUT2D eigenvalue weighted by atomic mass is 10.2. The van der Waals surface area contributed by atoms with Gasteiger partial charge in [-0.3, -0.25) is 14.6 Å². The maximum atomic E-state index is 12.8. The first-order valence-electron chi connectivity index (χ1n) is 13.4. The standard InChI is InChI=1S/C32H23BrN4O4S4/c1-41-26-4-2-3-19(30(26)40)15-34-21-9-11-23-27(13-21)44-32(37-23)43-17-29(39)35-22-10-12-24-28(14-22)45-31(36-24)42-16-25(38)18-5-7-20(33)8-6-18/h2-15,40H,16-17H2,1H3,(H,35,39). The summed E-state index contributed by atoms with van der Waals surface area (Å²) in [6.07, 6.45) is 1.59. The SMILES string of the molecule is COc1cccc(C=Nc2ccc3nc(SCC(=O)Nc4ccc5nc(SCC(=O)c6ccc(Br)cc6)sc5c4)sc3c2)c1O. The minimum Gasteiger partial charge on any atom is -0.504 e. The molecular formula is C32H23BrN4O4S4. The number of halogens is 1. The van der Waals surface area contributed by atoms with Crippen molar-refractivity contribution < 1.29 is 19.4 Å². The number of ketones is 1. The average molecular weight is 736 g/mol. The van der Waals surface area contributed by atoms with Crippen LogP contribution in [-0.2, 0) is 4.79 Å². The van der Waals surface area contributed by atoms with Crippen LogP contribution in [-0.4, -0.2) is 51.6 Å². The summed E-state index contributed by atoms with van der Waals surface area (Å²) in [5, 5.41) is 13.2. The summed E-state index contributed by atoms with van der Waals surface area (Å²) >= 11 is 9.16. The number of aliphatic imine (C=N–C) groups is 1. The molecule has 1 amide bonds. The van der Waals surface area contributed by atoms with Gasteiger partial charge in [-0.05, 0) is 60.7 Å². The maximum absolute atomic E-state index is 12.8. The van der Waals surface area contributed by atoms with Crippen molar-refractivity contribution in [3.05, 3.63) is 94.5 Å². The van der Waals surface area contributed by atoms with E-state index in [1.54, 1.807) is 36.5 Å². The largest absolute Gasteiger partial charge is 0.504 e. The number of phenolic OH excluding ortho intramolecular Hbond substituents is 1. The lowest BCUT2D eigenvalue weighted by molar-refractivity contribution is -0.113. The van der Waals surface area contributed by atoms with Gasteiger partial charge in [-0.15, -0.1) is 22.7 Å². The number of carbonyl (C=O) groups is 2. The second-order valence-corrected chi connectivity index (χ2v) is 14.9. The molecule has 0 aliphatic heterocycles. The molecule has 0 aliphatic rings. The first-order chi connectivity index (χ1) is 21.8. The normalized spacial score (nSPS) is 11.4. The van der Waals surface area contributed by atoms with E-state index in [0.717, 1.165) is 39.3 Å². The topological polar surface area (TPSA) is 114 Å². The fourth-order valence-electron chi connectivity index (χ4n) is 4.20. The van der Waals surface area contributed by atoms with Gasteiger partial charge in [0.2, 0.25) is 5.91 Å². The van der Waals surface area contributed by atoms with Crippen molar-refractivity contribution in [2.24, 2.45) is 4.99 Å². The molecule has 0 atom stereocenters. The van der Waals surface area contributed by atoms with Crippen LogP contribution in [0.15, 0.2) is 97.0 Å². The average Bonchev–Trinajstić information content (AvgIpc) is 3.65. The van der Waals surface area contributed by atoms with Crippen LogP contribution in [0.1, 0.15) is 15.9 Å². The number of fused-ring (bicyclic) bond motifs is 2. The van der Waals surface area contributed by atoms with Gasteiger partial charge in [0.15, 0.2) is 26.0 Å². The Balaban J connectivity index is 1.03. The Bertz CT molecular complexity index is 2060. The molecule has 2 N–H and O–H groups in total. The van der Waals surface area contributed by atoms with Gasteiger partial charge in [-0.25, -0.2) is 9.97 Å². The Hall–Kier alpha value is -3.75. The molecule has 226 valence electrons. The molecular weight excluding hydrogens is 713 g/mol. The highest BCUT2D eigenvalue weighted by molar-refractivity contribution is 9.10. The molecule has 4 aromatic carbocycles. The molecule has 0 bridgehead atoms. The second kappa shape index (κ2) is 14.1. The Morgan fingerprint density at radius 2 is 1.62 bits per heavy atom. The smallest absolute Gasteiger partial charge is 0.234 e. The van der Waals surface area contributed by atoms with Crippen LogP contribution in [0, 0.1) is 0 Å². The number of aromatic nitrogens is 2. The van der Waals surface area contributed by atoms with E-state index in [1.165, 1.54) is 53.3 Å². The van der Waals surface area contributed by atoms with Crippen LogP contribution in [0.2, 0.25) is 0 Å². The summed E-state index contributed by atoms with van der Waals surface area (Å²) in [5.41, 5.74) is 4.28. The van der Waals surface area contributed by atoms with Crippen LogP contribution in [0.3, 0.4) is 0 Å². The number of nitrogens with one attached hydrogen (secondary N) is 1. The number of anilines is 1. The minimum absolute atomic E-state index is 0.0383. The van der Waals surface area contributed by atoms with E-state index in [1.807, 2.05) is 48.5 Å². The first-order valence-corrected chi connectivity index (χ1v) is 17.8. The number of hydrogen-bond acceptors (Lipinski definition) is 11. The van der Waals surface area contributed by atoms with Crippen LogP contribution in [0.4, 0.5) is 11.4 Å². The van der Waals surface area contributed by atoms with E-state index in [9.17, 15) is 14.7 Å². The summed E-state index contributed by atoms with van der Waals surface area (Å²) in [6.45, 7) is 0. The van der Waals surface area contributed by atoms with Crippen LogP contribution < -0.4 is 10.1 Å². The van der Waals surface area contributed by atoms with E-state index < -0.39 is 0 Å². The fraction of sp³-hybridized carbons (Fsp3) is 0.0938. The number of thiazole rings is 2. The number of ether oxygens (including phenoxy) is 1. The first kappa shape index (κ1) is 31.2. The highest BCUT2D eigenvalue weighted by atomic mass is 79.9. The van der Waals surface area contributed by atoms with E-state index in [2.05, 4.69) is 36.2 Å². The van der Waals surface area contributed by atoms with Gasteiger partial charge in [-0.2, -0.15) is 0 Å². The zero-order valence-corrected chi connectivity index (χ0v) is 28.4. The number of phenols is 1. The molecule has 45 heavy (non-hydrogen) atoms. The molecule has 0 saturated heterocycles. The number of Topliss-reactive ketones (excluding diaryl/α,β-unsaturated/α-hetero) is 1. The zero-order chi connectivity index (χ0) is 31.3. The van der Waals surface area contributed by atoms with Crippen molar-refractivity contribution in [1.82, 2.24) is 9.97 Å². The third-order valence-electron chi connectivity index (χ3n) is 6.43. The van der Waals surface area contributed by atoms with Gasteiger partial charge < -0.3 is 15.2 Å². The molecule has 2 heterocycles. The zero-order valence-electron chi connectivity index (χ0n) is 23.5. The van der Waals surface area contributed by atoms with Gasteiger partial charge in [-0.1, -0.05) is 57.7 Å². The van der Waals surface area contributed by atoms with Crippen molar-refractivity contribution in [3.63, 3.8) is 0 Å². The number of amides is 1. The number of carbonyl (C=O) groups excluding carboxylic acids is 2. The number of methoxy groups -OCH3 is 1. The Labute approximate surface area is 283 Å². The van der Waals surface area contributed by atoms with Gasteiger partial charge in [0.1, 0.15) is 0 Å². The molecule has 2 aromatic heterocycles. The summed E-state index contributed by atoms with van der Waals surface area (Å²) in [7, 11) is 1.50. The van der Waals surface area contributed by atoms with Crippen LogP contribution in [0.25, 0.3) is 20.4 Å². The molecule has 6 aromatic rings. The highest BCUT2D eigenvalue weighted by Crippen LogP contribution is 2.34. The van der Waals surface area contributed by atoms with E-state index in [4.69, 9.17) is 4.74 Å². The molecule has 13 heteroatoms. The van der Waals surface area contributed by atoms with Crippen LogP contribution >= 0.6 is 62.1 Å². The number of thioether (sulfide) groups is 2. The Morgan fingerprint density at radius 1 is 0.933 bits per heavy atom. The monoisotopic (exact) mass is 734 g/mol. The summed E-state index contributed by atoms with van der Waals surface area (Å²) < 4.78 is 9.56. The molecule has 0 aliphatic carbocycles. The van der Waals surface area contributed by atoms with Crippen molar-refractivity contribution in [3.8, 4) is 11.5 Å². The molecule has 0 fully saturated rings. The maximum Gasteiger partial charge on any atom is 0.234 e. The van der Waals surface area contributed by atoms with Crippen molar-refractivity contribution in [2.45, 2.75) is 8.68 Å². The molecule has 6 rings (SSSR count). The van der Waals surface area contributed by atoms with E-state index >= 15 is 0 Å². The van der Waals surface area contributed by atoms with Gasteiger partial charge >= 0.3 is 0 Å². The van der Waals surface area contributed by atoms with Gasteiger partial charge in [0, 0.05) is 27.5 Å². The van der Waals surface area contributed by atoms with Gasteiger partial charge in [0.05, 0.1) is 44.7 Å². The van der Waals surface area contributed by atoms with E-state index in [0.29, 0.717) is 28.3 Å². The van der Waals surface area contributed by atoms with Crippen molar-refractivity contribution in [1.29, 1.82) is 0 Å². The number of para-hydroxylation sites is 1. The predicted molar refractivity (Wildman–Crippen MR) is 190 cm³/mol. The molecule has 0 radical (unpaired) electrons. The summed E-state index contributed by atoms with van der Waals surface area (Å²) in [5.74, 6) is 0.844. The quantitative estimate of drug-likeness (QED) is 0.0771. The Kier molecular flexibility index (Phi) is 9.81. The summed E-state index contributed by atoms with van der Waals surface area (Å²) in [6, 6.07) is 23.8. The fourth-order valence-corrected chi connectivity index (χ4v) is 8.37. The van der Waals surface area contributed by atoms with Gasteiger partial charge in [0.25, 0.3) is 0 Å². The molecule has 0 unspecified atom stereocenters. The van der Waals surface area contributed by atoms with Crippen molar-refractivity contribution in [2.75, 3.05) is 23.9 Å². The van der Waals surface area contributed by atoms with E-state index in [-0.39, 0.29) is 23.2 Å². The predicted octanol–water partition coefficient (Wildman–Crippen LogP) is 8.84. The number of aromatic hydroxyl groups is 1. The molecule has 0 spiro atoms. The third kappa shape index (κ3) is 7.74. The number of hydrogen-bond donors (Lipinski definition) is 2. The van der Waals surface area contributed by atoms with Crippen molar-refractivity contribution >= 4 is 112 Å². The number of nitrogens with zero attached hydrogens (tertiary/aromatic N) is 3. The third-order valence-corrected chi connectivity index (χ3v) is 11.3.